The van der Waals surface area contributed by atoms with Crippen molar-refractivity contribution in [3.63, 3.8) is 0 Å². The molecule has 2 aliphatic rings. The molecule has 0 bridgehead atoms. The fraction of sp³-hybridized carbons (Fsp3) is 0.318. The Morgan fingerprint density at radius 3 is 2.39 bits per heavy atom. The number of aliphatic hydroxyl groups excluding tert-OH is 1. The van der Waals surface area contributed by atoms with E-state index in [1.807, 2.05) is 24.3 Å². The number of hydrogen-bond acceptors (Lipinski definition) is 4. The zero-order valence-corrected chi connectivity index (χ0v) is 16.2. The van der Waals surface area contributed by atoms with Gasteiger partial charge in [-0.05, 0) is 48.1 Å². The molecule has 2 aromatic carbocycles. The Balaban J connectivity index is 1.63. The molecule has 2 aromatic rings. The van der Waals surface area contributed by atoms with Crippen LogP contribution in [-0.4, -0.2) is 36.5 Å². The fourth-order valence-electron chi connectivity index (χ4n) is 4.26. The zero-order chi connectivity index (χ0) is 19.7. The minimum atomic E-state index is -3.85. The second-order valence-corrected chi connectivity index (χ2v) is 9.08. The third kappa shape index (κ3) is 3.06. The number of allylic oxidation sites excluding steroid dienone is 2. The van der Waals surface area contributed by atoms with Crippen LogP contribution >= 0.6 is 0 Å². The predicted octanol–water partition coefficient (Wildman–Crippen LogP) is 3.30. The van der Waals surface area contributed by atoms with Crippen molar-refractivity contribution in [2.24, 2.45) is 0 Å². The van der Waals surface area contributed by atoms with E-state index in [0.717, 1.165) is 22.7 Å². The standard InChI is InChI=1S/C22H22N2O3S/c23-14-20-22(18-12-10-17(11-13-18)16-6-4-5-7-16)21(15-25)24(20)28(26,27)19-8-2-1-3-9-19/h1-3,6,8-13,20-22,25H,4-5,7,15H2/t20-,21-,22-/m1/s1. The maximum absolute atomic E-state index is 13.0. The monoisotopic (exact) mass is 394 g/mol. The number of rotatable bonds is 5. The normalized spacial score (nSPS) is 25.0. The second kappa shape index (κ2) is 7.51. The molecular formula is C22H22N2O3S. The minimum absolute atomic E-state index is 0.135. The lowest BCUT2D eigenvalue weighted by Crippen LogP contribution is -2.64. The van der Waals surface area contributed by atoms with Crippen LogP contribution in [0, 0.1) is 11.3 Å². The SMILES string of the molecule is N#C[C@@H]1[C@@H](c2ccc(C3=CCCC3)cc2)[C@@H](CO)N1S(=O)(=O)c1ccccc1. The Labute approximate surface area is 165 Å². The quantitative estimate of drug-likeness (QED) is 0.844. The summed E-state index contributed by atoms with van der Waals surface area (Å²) in [7, 11) is -3.85. The highest BCUT2D eigenvalue weighted by molar-refractivity contribution is 7.89. The van der Waals surface area contributed by atoms with Gasteiger partial charge in [-0.1, -0.05) is 48.5 Å². The summed E-state index contributed by atoms with van der Waals surface area (Å²) in [6.45, 7) is -0.332. The summed E-state index contributed by atoms with van der Waals surface area (Å²) in [5.74, 6) is -0.347. The van der Waals surface area contributed by atoms with Crippen LogP contribution in [0.5, 0.6) is 0 Å². The fourth-order valence-corrected chi connectivity index (χ4v) is 6.04. The van der Waals surface area contributed by atoms with E-state index in [1.165, 1.54) is 29.7 Å². The molecule has 3 atom stereocenters. The lowest BCUT2D eigenvalue weighted by Gasteiger charge is -2.50. The second-order valence-electron chi connectivity index (χ2n) is 7.24. The smallest absolute Gasteiger partial charge is 0.244 e. The Bertz CT molecular complexity index is 1020. The Morgan fingerprint density at radius 1 is 1.11 bits per heavy atom. The van der Waals surface area contributed by atoms with Gasteiger partial charge in [0.05, 0.1) is 23.6 Å². The van der Waals surface area contributed by atoms with Crippen molar-refractivity contribution in [1.82, 2.24) is 4.31 Å². The summed E-state index contributed by atoms with van der Waals surface area (Å²) >= 11 is 0. The Morgan fingerprint density at radius 2 is 1.82 bits per heavy atom. The molecule has 1 heterocycles. The van der Waals surface area contributed by atoms with Gasteiger partial charge in [0.25, 0.3) is 0 Å². The van der Waals surface area contributed by atoms with Gasteiger partial charge in [0.15, 0.2) is 0 Å². The molecule has 1 aliphatic heterocycles. The highest BCUT2D eigenvalue weighted by Gasteiger charge is 2.55. The van der Waals surface area contributed by atoms with Crippen LogP contribution in [0.2, 0.25) is 0 Å². The molecule has 1 aliphatic carbocycles. The average molecular weight is 394 g/mol. The topological polar surface area (TPSA) is 81.4 Å². The average Bonchev–Trinajstić information content (AvgIpc) is 3.24. The molecular weight excluding hydrogens is 372 g/mol. The van der Waals surface area contributed by atoms with Crippen molar-refractivity contribution in [1.29, 1.82) is 5.26 Å². The van der Waals surface area contributed by atoms with Gasteiger partial charge in [-0.2, -0.15) is 9.57 Å². The number of sulfonamides is 1. The zero-order valence-electron chi connectivity index (χ0n) is 15.4. The first-order valence-corrected chi connectivity index (χ1v) is 10.9. The van der Waals surface area contributed by atoms with Gasteiger partial charge in [0, 0.05) is 5.92 Å². The van der Waals surface area contributed by atoms with Crippen molar-refractivity contribution in [3.8, 4) is 6.07 Å². The van der Waals surface area contributed by atoms with Crippen molar-refractivity contribution in [2.45, 2.75) is 42.2 Å². The molecule has 1 N–H and O–H groups in total. The molecule has 0 aromatic heterocycles. The maximum atomic E-state index is 13.0. The summed E-state index contributed by atoms with van der Waals surface area (Å²) in [4.78, 5) is 0.135. The van der Waals surface area contributed by atoms with Crippen molar-refractivity contribution in [3.05, 3.63) is 71.8 Å². The van der Waals surface area contributed by atoms with Gasteiger partial charge >= 0.3 is 0 Å². The number of nitriles is 1. The summed E-state index contributed by atoms with van der Waals surface area (Å²) in [5, 5.41) is 19.6. The first-order chi connectivity index (χ1) is 13.6. The number of aliphatic hydroxyl groups is 1. The summed E-state index contributed by atoms with van der Waals surface area (Å²) < 4.78 is 27.2. The van der Waals surface area contributed by atoms with Gasteiger partial charge in [-0.3, -0.25) is 0 Å². The van der Waals surface area contributed by atoms with E-state index in [-0.39, 0.29) is 17.4 Å². The first kappa shape index (κ1) is 18.9. The van der Waals surface area contributed by atoms with Crippen molar-refractivity contribution >= 4 is 15.6 Å². The highest BCUT2D eigenvalue weighted by atomic mass is 32.2. The molecule has 0 saturated carbocycles. The van der Waals surface area contributed by atoms with Gasteiger partial charge < -0.3 is 5.11 Å². The third-order valence-electron chi connectivity index (χ3n) is 5.70. The van der Waals surface area contributed by atoms with E-state index >= 15 is 0 Å². The maximum Gasteiger partial charge on any atom is 0.244 e. The molecule has 0 spiro atoms. The molecule has 0 radical (unpaired) electrons. The van der Waals surface area contributed by atoms with Crippen LogP contribution in [0.4, 0.5) is 0 Å². The molecule has 0 amide bonds. The largest absolute Gasteiger partial charge is 0.395 e. The Kier molecular flexibility index (Phi) is 5.07. The summed E-state index contributed by atoms with van der Waals surface area (Å²) in [5.41, 5.74) is 3.39. The lowest BCUT2D eigenvalue weighted by molar-refractivity contribution is 0.0557. The van der Waals surface area contributed by atoms with Gasteiger partial charge in [0.1, 0.15) is 6.04 Å². The summed E-state index contributed by atoms with van der Waals surface area (Å²) in [6.07, 6.45) is 5.61. The van der Waals surface area contributed by atoms with E-state index in [0.29, 0.717) is 0 Å². The van der Waals surface area contributed by atoms with Gasteiger partial charge in [-0.15, -0.1) is 0 Å². The van der Waals surface area contributed by atoms with Gasteiger partial charge in [-0.25, -0.2) is 8.42 Å². The van der Waals surface area contributed by atoms with Gasteiger partial charge in [0.2, 0.25) is 10.0 Å². The van der Waals surface area contributed by atoms with Crippen LogP contribution in [0.15, 0.2) is 65.6 Å². The van der Waals surface area contributed by atoms with Crippen LogP contribution in [0.3, 0.4) is 0 Å². The highest BCUT2D eigenvalue weighted by Crippen LogP contribution is 2.44. The van der Waals surface area contributed by atoms with E-state index < -0.39 is 22.1 Å². The molecule has 28 heavy (non-hydrogen) atoms. The molecule has 1 fully saturated rings. The van der Waals surface area contributed by atoms with E-state index in [2.05, 4.69) is 12.1 Å². The van der Waals surface area contributed by atoms with E-state index in [4.69, 9.17) is 0 Å². The number of benzene rings is 2. The minimum Gasteiger partial charge on any atom is -0.395 e. The lowest BCUT2D eigenvalue weighted by atomic mass is 9.78. The molecule has 6 heteroatoms. The number of nitrogens with zero attached hydrogens (tertiary/aromatic N) is 2. The van der Waals surface area contributed by atoms with Crippen LogP contribution in [0.25, 0.3) is 5.57 Å². The summed E-state index contributed by atoms with van der Waals surface area (Å²) in [6, 6.07) is 16.7. The molecule has 4 rings (SSSR count). The van der Waals surface area contributed by atoms with Crippen molar-refractivity contribution in [2.75, 3.05) is 6.61 Å². The Hall–Kier alpha value is -2.46. The molecule has 0 unspecified atom stereocenters. The molecule has 144 valence electrons. The molecule has 1 saturated heterocycles. The first-order valence-electron chi connectivity index (χ1n) is 9.46. The van der Waals surface area contributed by atoms with E-state index in [1.54, 1.807) is 18.2 Å². The van der Waals surface area contributed by atoms with Crippen LogP contribution in [-0.2, 0) is 10.0 Å². The number of hydrogen-bond donors (Lipinski definition) is 1. The van der Waals surface area contributed by atoms with Crippen LogP contribution < -0.4 is 0 Å². The third-order valence-corrected chi connectivity index (χ3v) is 7.62. The van der Waals surface area contributed by atoms with Crippen molar-refractivity contribution < 1.29 is 13.5 Å². The van der Waals surface area contributed by atoms with E-state index in [9.17, 15) is 18.8 Å². The molecule has 5 nitrogen and oxygen atoms in total. The predicted molar refractivity (Wildman–Crippen MR) is 107 cm³/mol. The van der Waals surface area contributed by atoms with Crippen LogP contribution in [0.1, 0.15) is 36.3 Å².